The third kappa shape index (κ3) is 3.00. The van der Waals surface area contributed by atoms with E-state index in [4.69, 9.17) is 4.74 Å². The third-order valence-corrected chi connectivity index (χ3v) is 4.70. The number of ether oxygens (including phenoxy) is 1. The molecule has 1 heterocycles. The number of piperidine rings is 1. The van der Waals surface area contributed by atoms with Crippen molar-refractivity contribution in [3.8, 4) is 0 Å². The standard InChI is InChI=1S/C15H22N2O2S/c1-17(12-4-6-13(20-3)7-5-12)14(18)15(19-2)8-10-16-11-9-15/h4-7,16H,8-11H2,1-3H3. The van der Waals surface area contributed by atoms with Crippen molar-refractivity contribution in [2.75, 3.05) is 38.4 Å². The predicted molar refractivity (Wildman–Crippen MR) is 83.5 cm³/mol. The molecule has 1 fully saturated rings. The fraction of sp³-hybridized carbons (Fsp3) is 0.533. The van der Waals surface area contributed by atoms with Crippen LogP contribution in [-0.2, 0) is 9.53 Å². The summed E-state index contributed by atoms with van der Waals surface area (Å²) in [6, 6.07) is 8.03. The third-order valence-electron chi connectivity index (χ3n) is 3.96. The Morgan fingerprint density at radius 2 is 1.90 bits per heavy atom. The van der Waals surface area contributed by atoms with Gasteiger partial charge in [0.1, 0.15) is 5.60 Å². The number of carbonyl (C=O) groups excluding carboxylic acids is 1. The fourth-order valence-corrected chi connectivity index (χ4v) is 2.97. The zero-order valence-corrected chi connectivity index (χ0v) is 13.1. The second-order valence-corrected chi connectivity index (χ2v) is 5.89. The lowest BCUT2D eigenvalue weighted by Gasteiger charge is -2.37. The Labute approximate surface area is 124 Å². The van der Waals surface area contributed by atoms with Gasteiger partial charge in [0.15, 0.2) is 0 Å². The van der Waals surface area contributed by atoms with Crippen LogP contribution >= 0.6 is 11.8 Å². The van der Waals surface area contributed by atoms with Crippen LogP contribution in [0.4, 0.5) is 5.69 Å². The van der Waals surface area contributed by atoms with Crippen LogP contribution in [-0.4, -0.2) is 45.0 Å². The van der Waals surface area contributed by atoms with E-state index in [0.717, 1.165) is 31.6 Å². The van der Waals surface area contributed by atoms with E-state index in [1.807, 2.05) is 37.6 Å². The van der Waals surface area contributed by atoms with E-state index in [1.54, 1.807) is 23.8 Å². The molecule has 20 heavy (non-hydrogen) atoms. The fourth-order valence-electron chi connectivity index (χ4n) is 2.56. The first-order valence-corrected chi connectivity index (χ1v) is 8.03. The Balaban J connectivity index is 2.17. The Hall–Kier alpha value is -1.04. The number of nitrogens with one attached hydrogen (secondary N) is 1. The number of hydrogen-bond donors (Lipinski definition) is 1. The number of carbonyl (C=O) groups is 1. The summed E-state index contributed by atoms with van der Waals surface area (Å²) in [5, 5.41) is 3.27. The summed E-state index contributed by atoms with van der Waals surface area (Å²) >= 11 is 1.69. The monoisotopic (exact) mass is 294 g/mol. The van der Waals surface area contributed by atoms with Crippen molar-refractivity contribution in [1.29, 1.82) is 0 Å². The van der Waals surface area contributed by atoms with Crippen LogP contribution in [0.2, 0.25) is 0 Å². The van der Waals surface area contributed by atoms with Gasteiger partial charge in [0.25, 0.3) is 5.91 Å². The SMILES string of the molecule is COC1(C(=O)N(C)c2ccc(SC)cc2)CCNCC1. The summed E-state index contributed by atoms with van der Waals surface area (Å²) in [6.07, 6.45) is 3.48. The normalized spacial score (nSPS) is 17.8. The number of likely N-dealkylation sites (N-methyl/N-ethyl adjacent to an activating group) is 1. The highest BCUT2D eigenvalue weighted by Crippen LogP contribution is 2.28. The van der Waals surface area contributed by atoms with E-state index >= 15 is 0 Å². The van der Waals surface area contributed by atoms with Crippen LogP contribution in [0.15, 0.2) is 29.2 Å². The first-order valence-electron chi connectivity index (χ1n) is 6.81. The molecule has 1 aromatic rings. The van der Waals surface area contributed by atoms with Crippen molar-refractivity contribution >= 4 is 23.4 Å². The number of methoxy groups -OCH3 is 1. The Bertz CT molecular complexity index is 455. The average molecular weight is 294 g/mol. The maximum atomic E-state index is 12.8. The van der Waals surface area contributed by atoms with Gasteiger partial charge >= 0.3 is 0 Å². The molecule has 4 nitrogen and oxygen atoms in total. The second-order valence-electron chi connectivity index (χ2n) is 5.01. The molecule has 0 atom stereocenters. The molecule has 1 aromatic carbocycles. The second kappa shape index (κ2) is 6.61. The van der Waals surface area contributed by atoms with Gasteiger partial charge in [-0.05, 0) is 56.5 Å². The van der Waals surface area contributed by atoms with Crippen molar-refractivity contribution in [3.05, 3.63) is 24.3 Å². The molecule has 5 heteroatoms. The number of thioether (sulfide) groups is 1. The molecule has 2 rings (SSSR count). The van der Waals surface area contributed by atoms with E-state index in [0.29, 0.717) is 0 Å². The lowest BCUT2D eigenvalue weighted by molar-refractivity contribution is -0.143. The molecule has 0 unspecified atom stereocenters. The van der Waals surface area contributed by atoms with Crippen LogP contribution in [0.25, 0.3) is 0 Å². The predicted octanol–water partition coefficient (Wildman–Crippen LogP) is 2.14. The van der Waals surface area contributed by atoms with Gasteiger partial charge in [-0.3, -0.25) is 4.79 Å². The number of hydrogen-bond acceptors (Lipinski definition) is 4. The molecule has 0 aliphatic carbocycles. The average Bonchev–Trinajstić information content (AvgIpc) is 2.54. The van der Waals surface area contributed by atoms with Gasteiger partial charge in [0, 0.05) is 24.7 Å². The highest BCUT2D eigenvalue weighted by atomic mass is 32.2. The zero-order valence-electron chi connectivity index (χ0n) is 12.3. The van der Waals surface area contributed by atoms with Crippen LogP contribution in [0.5, 0.6) is 0 Å². The van der Waals surface area contributed by atoms with E-state index < -0.39 is 5.60 Å². The van der Waals surface area contributed by atoms with Gasteiger partial charge in [0.2, 0.25) is 0 Å². The highest BCUT2D eigenvalue weighted by molar-refractivity contribution is 7.98. The minimum atomic E-state index is -0.682. The topological polar surface area (TPSA) is 41.6 Å². The number of rotatable bonds is 4. The number of anilines is 1. The Morgan fingerprint density at radius 3 is 2.40 bits per heavy atom. The molecule has 1 aliphatic rings. The smallest absolute Gasteiger partial charge is 0.259 e. The summed E-state index contributed by atoms with van der Waals surface area (Å²) in [5.41, 5.74) is 0.223. The summed E-state index contributed by atoms with van der Waals surface area (Å²) in [7, 11) is 3.45. The van der Waals surface area contributed by atoms with Gasteiger partial charge in [-0.1, -0.05) is 0 Å². The number of benzene rings is 1. The molecular formula is C15H22N2O2S. The van der Waals surface area contributed by atoms with Gasteiger partial charge in [0.05, 0.1) is 0 Å². The molecule has 0 radical (unpaired) electrons. The molecule has 1 N–H and O–H groups in total. The molecule has 110 valence electrons. The molecule has 1 saturated heterocycles. The van der Waals surface area contributed by atoms with E-state index in [2.05, 4.69) is 5.32 Å². The molecule has 0 saturated carbocycles. The van der Waals surface area contributed by atoms with Crippen LogP contribution in [0.1, 0.15) is 12.8 Å². The molecule has 1 amide bonds. The lowest BCUT2D eigenvalue weighted by atomic mass is 9.90. The zero-order chi connectivity index (χ0) is 14.6. The minimum absolute atomic E-state index is 0.0402. The largest absolute Gasteiger partial charge is 0.368 e. The highest BCUT2D eigenvalue weighted by Gasteiger charge is 2.41. The molecule has 0 aromatic heterocycles. The van der Waals surface area contributed by atoms with Gasteiger partial charge in [-0.15, -0.1) is 11.8 Å². The quantitative estimate of drug-likeness (QED) is 0.864. The number of amides is 1. The molecule has 0 bridgehead atoms. The van der Waals surface area contributed by atoms with Crippen molar-refractivity contribution in [1.82, 2.24) is 5.32 Å². The van der Waals surface area contributed by atoms with Gasteiger partial charge in [-0.25, -0.2) is 0 Å². The van der Waals surface area contributed by atoms with Crippen molar-refractivity contribution in [2.24, 2.45) is 0 Å². The van der Waals surface area contributed by atoms with Crippen LogP contribution < -0.4 is 10.2 Å². The molecule has 1 aliphatic heterocycles. The first-order chi connectivity index (χ1) is 9.63. The van der Waals surface area contributed by atoms with Crippen molar-refractivity contribution < 1.29 is 9.53 Å². The van der Waals surface area contributed by atoms with Crippen LogP contribution in [0.3, 0.4) is 0 Å². The molecule has 0 spiro atoms. The van der Waals surface area contributed by atoms with Crippen LogP contribution in [0, 0.1) is 0 Å². The summed E-state index contributed by atoms with van der Waals surface area (Å²) in [4.78, 5) is 15.7. The minimum Gasteiger partial charge on any atom is -0.368 e. The first kappa shape index (κ1) is 15.4. The summed E-state index contributed by atoms with van der Waals surface area (Å²) in [6.45, 7) is 1.64. The van der Waals surface area contributed by atoms with Gasteiger partial charge < -0.3 is 15.0 Å². The van der Waals surface area contributed by atoms with E-state index in [9.17, 15) is 4.79 Å². The van der Waals surface area contributed by atoms with E-state index in [1.165, 1.54) is 4.90 Å². The van der Waals surface area contributed by atoms with Crippen molar-refractivity contribution in [2.45, 2.75) is 23.3 Å². The Kier molecular flexibility index (Phi) is 5.07. The van der Waals surface area contributed by atoms with Gasteiger partial charge in [-0.2, -0.15) is 0 Å². The summed E-state index contributed by atoms with van der Waals surface area (Å²) in [5.74, 6) is 0.0402. The maximum absolute atomic E-state index is 12.8. The van der Waals surface area contributed by atoms with E-state index in [-0.39, 0.29) is 5.91 Å². The lowest BCUT2D eigenvalue weighted by Crippen LogP contribution is -2.54. The number of nitrogens with zero attached hydrogens (tertiary/aromatic N) is 1. The Morgan fingerprint density at radius 1 is 1.30 bits per heavy atom. The molecular weight excluding hydrogens is 272 g/mol. The maximum Gasteiger partial charge on any atom is 0.259 e. The summed E-state index contributed by atoms with van der Waals surface area (Å²) < 4.78 is 5.59. The van der Waals surface area contributed by atoms with Crippen molar-refractivity contribution in [3.63, 3.8) is 0 Å².